The fraction of sp³-hybridized carbons (Fsp3) is 0.250. The topological polar surface area (TPSA) is 108 Å². The van der Waals surface area contributed by atoms with Gasteiger partial charge >= 0.3 is 13.5 Å². The van der Waals surface area contributed by atoms with E-state index in [1.54, 1.807) is 57.2 Å². The van der Waals surface area contributed by atoms with E-state index in [9.17, 15) is 14.2 Å². The Balaban J connectivity index is 1.91. The smallest absolute Gasteiger partial charge is 0.323 e. The van der Waals surface area contributed by atoms with Crippen molar-refractivity contribution in [2.45, 2.75) is 39.1 Å². The highest BCUT2D eigenvalue weighted by molar-refractivity contribution is 7.56. The number of esters is 1. The molecule has 0 bridgehead atoms. The predicted octanol–water partition coefficient (Wildman–Crippen LogP) is 4.64. The molecule has 0 aliphatic heterocycles. The van der Waals surface area contributed by atoms with Gasteiger partial charge in [0.15, 0.2) is 0 Å². The third kappa shape index (κ3) is 6.19. The van der Waals surface area contributed by atoms with Crippen molar-refractivity contribution < 1.29 is 23.4 Å². The Hall–Kier alpha value is -3.15. The van der Waals surface area contributed by atoms with E-state index in [0.717, 1.165) is 16.3 Å². The van der Waals surface area contributed by atoms with Gasteiger partial charge in [0.25, 0.3) is 0 Å². The molecule has 0 aliphatic rings. The molecular formula is C24H27N2O5P. The van der Waals surface area contributed by atoms with Gasteiger partial charge in [-0.2, -0.15) is 0 Å². The number of fused-ring (bicyclic) bond motifs is 1. The zero-order valence-corrected chi connectivity index (χ0v) is 19.2. The highest BCUT2D eigenvalue weighted by Gasteiger charge is 2.31. The maximum absolute atomic E-state index is 13.8. The fourth-order valence-corrected chi connectivity index (χ4v) is 5.27. The fourth-order valence-electron chi connectivity index (χ4n) is 3.23. The van der Waals surface area contributed by atoms with Crippen molar-refractivity contribution in [2.24, 2.45) is 5.73 Å². The van der Waals surface area contributed by atoms with Crippen LogP contribution in [-0.4, -0.2) is 24.0 Å². The summed E-state index contributed by atoms with van der Waals surface area (Å²) in [6.45, 7) is 5.09. The summed E-state index contributed by atoms with van der Waals surface area (Å²) in [4.78, 5) is 23.8. The van der Waals surface area contributed by atoms with E-state index in [4.69, 9.17) is 15.0 Å². The van der Waals surface area contributed by atoms with E-state index in [1.165, 1.54) is 0 Å². The Labute approximate surface area is 187 Å². The second-order valence-electron chi connectivity index (χ2n) is 7.83. The van der Waals surface area contributed by atoms with Crippen LogP contribution in [-0.2, 0) is 20.3 Å². The Morgan fingerprint density at radius 2 is 1.66 bits per heavy atom. The first-order chi connectivity index (χ1) is 15.1. The SMILES string of the molecule is CC(C)OC(=O)C(C)NP(=O)(Cc1ccc2ccc(C(N)=O)cc2c1)Oc1ccccc1. The van der Waals surface area contributed by atoms with Crippen LogP contribution in [0.25, 0.3) is 10.8 Å². The average Bonchev–Trinajstić information content (AvgIpc) is 2.73. The van der Waals surface area contributed by atoms with Gasteiger partial charge in [-0.05, 0) is 61.4 Å². The standard InChI is InChI=1S/C24H27N2O5P/c1-16(2)30-24(28)17(3)26-32(29,31-22-7-5-4-6-8-22)15-18-9-10-19-11-12-20(23(25)27)14-21(19)13-18/h4-14,16-17H,15H2,1-3H3,(H2,25,27)(H,26,29). The summed E-state index contributed by atoms with van der Waals surface area (Å²) in [5, 5.41) is 4.56. The summed E-state index contributed by atoms with van der Waals surface area (Å²) < 4.78 is 24.9. The van der Waals surface area contributed by atoms with Crippen molar-refractivity contribution in [1.82, 2.24) is 5.09 Å². The van der Waals surface area contributed by atoms with Gasteiger partial charge < -0.3 is 15.0 Å². The molecule has 0 heterocycles. The summed E-state index contributed by atoms with van der Waals surface area (Å²) >= 11 is 0. The molecule has 3 N–H and O–H groups in total. The molecule has 0 aliphatic carbocycles. The molecule has 3 rings (SSSR count). The van der Waals surface area contributed by atoms with Crippen molar-refractivity contribution in [3.05, 3.63) is 77.9 Å². The number of amides is 1. The van der Waals surface area contributed by atoms with Crippen LogP contribution in [0.1, 0.15) is 36.7 Å². The molecule has 0 saturated heterocycles. The third-order valence-electron chi connectivity index (χ3n) is 4.67. The molecule has 3 aromatic rings. The lowest BCUT2D eigenvalue weighted by molar-refractivity contribution is -0.149. The van der Waals surface area contributed by atoms with Gasteiger partial charge in [-0.25, -0.2) is 5.09 Å². The van der Waals surface area contributed by atoms with Crippen LogP contribution in [0.15, 0.2) is 66.7 Å². The van der Waals surface area contributed by atoms with Crippen LogP contribution < -0.4 is 15.3 Å². The number of hydrogen-bond donors (Lipinski definition) is 2. The second kappa shape index (κ2) is 9.98. The van der Waals surface area contributed by atoms with Crippen molar-refractivity contribution in [3.63, 3.8) is 0 Å². The molecule has 1 amide bonds. The van der Waals surface area contributed by atoms with Crippen LogP contribution in [0, 0.1) is 0 Å². The summed E-state index contributed by atoms with van der Waals surface area (Å²) in [7, 11) is -3.57. The number of ether oxygens (including phenoxy) is 1. The number of para-hydroxylation sites is 1. The van der Waals surface area contributed by atoms with Crippen LogP contribution in [0.4, 0.5) is 0 Å². The molecule has 3 aromatic carbocycles. The lowest BCUT2D eigenvalue weighted by Gasteiger charge is -2.24. The van der Waals surface area contributed by atoms with Crippen molar-refractivity contribution in [1.29, 1.82) is 0 Å². The van der Waals surface area contributed by atoms with Gasteiger partial charge in [-0.1, -0.05) is 42.5 Å². The monoisotopic (exact) mass is 454 g/mol. The second-order valence-corrected chi connectivity index (χ2v) is 9.94. The number of rotatable bonds is 9. The van der Waals surface area contributed by atoms with Crippen LogP contribution >= 0.6 is 7.52 Å². The summed E-state index contributed by atoms with van der Waals surface area (Å²) in [6, 6.07) is 18.7. The first-order valence-electron chi connectivity index (χ1n) is 10.3. The van der Waals surface area contributed by atoms with Gasteiger partial charge in [0.1, 0.15) is 11.8 Å². The van der Waals surface area contributed by atoms with E-state index >= 15 is 0 Å². The Bertz CT molecular complexity index is 1160. The number of carbonyl (C=O) groups is 2. The zero-order valence-electron chi connectivity index (χ0n) is 18.3. The molecule has 32 heavy (non-hydrogen) atoms. The molecule has 7 nitrogen and oxygen atoms in total. The summed E-state index contributed by atoms with van der Waals surface area (Å²) in [5.74, 6) is -0.611. The molecule has 0 spiro atoms. The first-order valence-corrected chi connectivity index (χ1v) is 12.1. The van der Waals surface area contributed by atoms with E-state index in [0.29, 0.717) is 11.3 Å². The largest absolute Gasteiger partial charge is 0.462 e. The molecule has 2 atom stereocenters. The van der Waals surface area contributed by atoms with Gasteiger partial charge in [-0.3, -0.25) is 14.2 Å². The number of nitrogens with two attached hydrogens (primary N) is 1. The Kier molecular flexibility index (Phi) is 7.33. The Morgan fingerprint density at radius 1 is 0.969 bits per heavy atom. The van der Waals surface area contributed by atoms with Gasteiger partial charge in [0.05, 0.1) is 12.3 Å². The van der Waals surface area contributed by atoms with Crippen molar-refractivity contribution in [2.75, 3.05) is 0 Å². The lowest BCUT2D eigenvalue weighted by atomic mass is 10.0. The van der Waals surface area contributed by atoms with Gasteiger partial charge in [0, 0.05) is 5.56 Å². The van der Waals surface area contributed by atoms with Gasteiger partial charge in [0.2, 0.25) is 5.91 Å². The highest BCUT2D eigenvalue weighted by atomic mass is 31.2. The first kappa shape index (κ1) is 23.5. The maximum atomic E-state index is 13.8. The summed E-state index contributed by atoms with van der Waals surface area (Å²) in [5.41, 5.74) is 6.50. The molecular weight excluding hydrogens is 427 g/mol. The minimum atomic E-state index is -3.57. The zero-order chi connectivity index (χ0) is 23.3. The van der Waals surface area contributed by atoms with E-state index in [-0.39, 0.29) is 12.3 Å². The quantitative estimate of drug-likeness (QED) is 0.360. The number of hydrogen-bond acceptors (Lipinski definition) is 5. The normalized spacial score (nSPS) is 14.0. The van der Waals surface area contributed by atoms with Crippen LogP contribution in [0.2, 0.25) is 0 Å². The number of nitrogens with one attached hydrogen (secondary N) is 1. The number of primary amides is 1. The van der Waals surface area contributed by atoms with E-state index < -0.39 is 25.4 Å². The van der Waals surface area contributed by atoms with Crippen LogP contribution in [0.3, 0.4) is 0 Å². The predicted molar refractivity (Wildman–Crippen MR) is 125 cm³/mol. The highest BCUT2D eigenvalue weighted by Crippen LogP contribution is 2.47. The number of benzene rings is 3. The molecule has 0 radical (unpaired) electrons. The third-order valence-corrected chi connectivity index (χ3v) is 6.74. The minimum absolute atomic E-state index is 0.0257. The molecule has 168 valence electrons. The molecule has 0 saturated carbocycles. The Morgan fingerprint density at radius 3 is 2.31 bits per heavy atom. The number of carbonyl (C=O) groups excluding carboxylic acids is 2. The average molecular weight is 454 g/mol. The summed E-state index contributed by atoms with van der Waals surface area (Å²) in [6.07, 6.45) is -0.265. The lowest BCUT2D eigenvalue weighted by Crippen LogP contribution is -2.36. The van der Waals surface area contributed by atoms with E-state index in [2.05, 4.69) is 5.09 Å². The molecule has 2 unspecified atom stereocenters. The van der Waals surface area contributed by atoms with Crippen molar-refractivity contribution >= 4 is 30.2 Å². The van der Waals surface area contributed by atoms with Crippen LogP contribution in [0.5, 0.6) is 5.75 Å². The van der Waals surface area contributed by atoms with Crippen molar-refractivity contribution in [3.8, 4) is 5.75 Å². The maximum Gasteiger partial charge on any atom is 0.323 e. The van der Waals surface area contributed by atoms with E-state index in [1.807, 2.05) is 30.3 Å². The molecule has 0 fully saturated rings. The van der Waals surface area contributed by atoms with Gasteiger partial charge in [-0.15, -0.1) is 0 Å². The minimum Gasteiger partial charge on any atom is -0.462 e. The molecule has 8 heteroatoms. The molecule has 0 aromatic heterocycles.